The summed E-state index contributed by atoms with van der Waals surface area (Å²) in [5, 5.41) is 2.89. The summed E-state index contributed by atoms with van der Waals surface area (Å²) in [7, 11) is 0. The maximum atomic E-state index is 12.2. The fourth-order valence-corrected chi connectivity index (χ4v) is 2.12. The first-order valence-corrected chi connectivity index (χ1v) is 6.36. The third-order valence-electron chi connectivity index (χ3n) is 3.09. The second-order valence-electron chi connectivity index (χ2n) is 4.59. The van der Waals surface area contributed by atoms with Crippen LogP contribution in [0.25, 0.3) is 11.0 Å². The highest BCUT2D eigenvalue weighted by atomic mass is 16.1. The molecule has 3 rings (SSSR count). The Kier molecular flexibility index (Phi) is 3.16. The van der Waals surface area contributed by atoms with Crippen molar-refractivity contribution in [2.75, 3.05) is 0 Å². The molecule has 0 bridgehead atoms. The van der Waals surface area contributed by atoms with Gasteiger partial charge in [0.15, 0.2) is 0 Å². The van der Waals surface area contributed by atoms with Gasteiger partial charge in [-0.1, -0.05) is 0 Å². The molecule has 0 saturated carbocycles. The van der Waals surface area contributed by atoms with Crippen molar-refractivity contribution in [2.24, 2.45) is 0 Å². The molecular weight excluding hydrogens is 252 g/mol. The number of hydrogen-bond acceptors (Lipinski definition) is 3. The summed E-state index contributed by atoms with van der Waals surface area (Å²) in [5.41, 5.74) is 4.07. The minimum absolute atomic E-state index is 0.135. The lowest BCUT2D eigenvalue weighted by atomic mass is 10.2. The number of hydrogen-bond donors (Lipinski definition) is 2. The van der Waals surface area contributed by atoms with E-state index in [0.717, 1.165) is 16.8 Å². The van der Waals surface area contributed by atoms with Crippen molar-refractivity contribution in [3.8, 4) is 0 Å². The molecule has 0 unspecified atom stereocenters. The van der Waals surface area contributed by atoms with Gasteiger partial charge in [-0.25, -0.2) is 0 Å². The van der Waals surface area contributed by atoms with Crippen LogP contribution >= 0.6 is 0 Å². The smallest absolute Gasteiger partial charge is 0.255 e. The molecule has 3 heterocycles. The number of carbonyl (C=O) groups is 1. The minimum Gasteiger partial charge on any atom is -0.359 e. The summed E-state index contributed by atoms with van der Waals surface area (Å²) in [6, 6.07) is 7.57. The maximum absolute atomic E-state index is 12.2. The first-order chi connectivity index (χ1) is 9.74. The van der Waals surface area contributed by atoms with E-state index in [9.17, 15) is 4.79 Å². The van der Waals surface area contributed by atoms with Crippen molar-refractivity contribution in [2.45, 2.75) is 13.5 Å². The molecule has 2 N–H and O–H groups in total. The fourth-order valence-electron chi connectivity index (χ4n) is 2.12. The highest BCUT2D eigenvalue weighted by molar-refractivity contribution is 6.05. The number of rotatable bonds is 3. The number of fused-ring (bicyclic) bond motifs is 1. The molecule has 5 nitrogen and oxygen atoms in total. The zero-order valence-corrected chi connectivity index (χ0v) is 11.1. The highest BCUT2D eigenvalue weighted by Gasteiger charge is 2.12. The first-order valence-electron chi connectivity index (χ1n) is 6.36. The van der Waals surface area contributed by atoms with Crippen molar-refractivity contribution in [1.29, 1.82) is 0 Å². The molecule has 0 aliphatic carbocycles. The van der Waals surface area contributed by atoms with E-state index in [4.69, 9.17) is 0 Å². The van der Waals surface area contributed by atoms with Crippen LogP contribution in [0.5, 0.6) is 0 Å². The van der Waals surface area contributed by atoms with Gasteiger partial charge < -0.3 is 10.3 Å². The quantitative estimate of drug-likeness (QED) is 0.763. The average molecular weight is 266 g/mol. The predicted molar refractivity (Wildman–Crippen MR) is 76.2 cm³/mol. The number of amides is 1. The Morgan fingerprint density at radius 1 is 1.30 bits per heavy atom. The molecule has 100 valence electrons. The topological polar surface area (TPSA) is 70.7 Å². The van der Waals surface area contributed by atoms with Gasteiger partial charge in [-0.2, -0.15) is 0 Å². The van der Waals surface area contributed by atoms with Crippen molar-refractivity contribution in [1.82, 2.24) is 20.3 Å². The van der Waals surface area contributed by atoms with Crippen molar-refractivity contribution in [3.05, 3.63) is 59.7 Å². The molecular formula is C15H14N4O. The third-order valence-corrected chi connectivity index (χ3v) is 3.09. The van der Waals surface area contributed by atoms with Crippen molar-refractivity contribution in [3.63, 3.8) is 0 Å². The van der Waals surface area contributed by atoms with Gasteiger partial charge >= 0.3 is 0 Å². The van der Waals surface area contributed by atoms with Crippen molar-refractivity contribution >= 4 is 16.9 Å². The van der Waals surface area contributed by atoms with E-state index in [-0.39, 0.29) is 5.91 Å². The van der Waals surface area contributed by atoms with E-state index < -0.39 is 0 Å². The number of aryl methyl sites for hydroxylation is 1. The van der Waals surface area contributed by atoms with Gasteiger partial charge in [-0.15, -0.1) is 0 Å². The molecule has 0 spiro atoms. The van der Waals surface area contributed by atoms with E-state index in [1.807, 2.05) is 31.2 Å². The minimum atomic E-state index is -0.135. The van der Waals surface area contributed by atoms with Gasteiger partial charge in [0.2, 0.25) is 0 Å². The Labute approximate surface area is 116 Å². The van der Waals surface area contributed by atoms with Gasteiger partial charge in [0.1, 0.15) is 5.52 Å². The van der Waals surface area contributed by atoms with Crippen LogP contribution in [0.3, 0.4) is 0 Å². The Balaban J connectivity index is 1.76. The standard InChI is InChI=1S/C15H14N4O/c1-10-7-11(4-6-16-10)8-19-15(20)12-9-18-13-3-2-5-17-14(12)13/h2-7,9,18H,8H2,1H3,(H,19,20). The van der Waals surface area contributed by atoms with Gasteiger partial charge in [0, 0.05) is 30.8 Å². The Morgan fingerprint density at radius 3 is 3.05 bits per heavy atom. The number of nitrogens with zero attached hydrogens (tertiary/aromatic N) is 2. The van der Waals surface area contributed by atoms with Crippen LogP contribution in [-0.4, -0.2) is 20.9 Å². The monoisotopic (exact) mass is 266 g/mol. The summed E-state index contributed by atoms with van der Waals surface area (Å²) < 4.78 is 0. The predicted octanol–water partition coefficient (Wildman–Crippen LogP) is 2.20. The first kappa shape index (κ1) is 12.3. The van der Waals surface area contributed by atoms with Gasteiger partial charge in [-0.3, -0.25) is 14.8 Å². The molecule has 20 heavy (non-hydrogen) atoms. The highest BCUT2D eigenvalue weighted by Crippen LogP contribution is 2.14. The van der Waals surface area contributed by atoms with E-state index in [2.05, 4.69) is 20.3 Å². The maximum Gasteiger partial charge on any atom is 0.255 e. The lowest BCUT2D eigenvalue weighted by Gasteiger charge is -2.04. The number of aromatic nitrogens is 3. The normalized spacial score (nSPS) is 10.7. The molecule has 0 radical (unpaired) electrons. The van der Waals surface area contributed by atoms with Gasteiger partial charge in [-0.05, 0) is 36.8 Å². The molecule has 3 aromatic heterocycles. The molecule has 0 aliphatic rings. The van der Waals surface area contributed by atoms with E-state index in [1.165, 1.54) is 0 Å². The van der Waals surface area contributed by atoms with Crippen LogP contribution in [0.15, 0.2) is 42.9 Å². The lowest BCUT2D eigenvalue weighted by Crippen LogP contribution is -2.22. The number of pyridine rings is 2. The molecule has 0 fully saturated rings. The second kappa shape index (κ2) is 5.13. The zero-order chi connectivity index (χ0) is 13.9. The molecule has 1 amide bonds. The summed E-state index contributed by atoms with van der Waals surface area (Å²) in [4.78, 5) is 23.6. The lowest BCUT2D eigenvalue weighted by molar-refractivity contribution is 0.0952. The molecule has 3 aromatic rings. The third kappa shape index (κ3) is 2.38. The Morgan fingerprint density at radius 2 is 2.20 bits per heavy atom. The SMILES string of the molecule is Cc1cc(CNC(=O)c2c[nH]c3cccnc23)ccn1. The number of aromatic amines is 1. The number of nitrogens with one attached hydrogen (secondary N) is 2. The molecule has 0 aliphatic heterocycles. The van der Waals surface area contributed by atoms with Crippen LogP contribution < -0.4 is 5.32 Å². The zero-order valence-electron chi connectivity index (χ0n) is 11.1. The molecule has 0 aromatic carbocycles. The summed E-state index contributed by atoms with van der Waals surface area (Å²) in [5.74, 6) is -0.135. The average Bonchev–Trinajstić information content (AvgIpc) is 2.89. The summed E-state index contributed by atoms with van der Waals surface area (Å²) in [6.45, 7) is 2.40. The van der Waals surface area contributed by atoms with Gasteiger partial charge in [0.05, 0.1) is 11.1 Å². The summed E-state index contributed by atoms with van der Waals surface area (Å²) in [6.07, 6.45) is 5.11. The Hall–Kier alpha value is -2.69. The molecule has 5 heteroatoms. The van der Waals surface area contributed by atoms with Crippen molar-refractivity contribution < 1.29 is 4.79 Å². The molecule has 0 saturated heterocycles. The number of carbonyl (C=O) groups excluding carboxylic acids is 1. The van der Waals surface area contributed by atoms with Crippen LogP contribution in [0.1, 0.15) is 21.6 Å². The van der Waals surface area contributed by atoms with E-state index in [1.54, 1.807) is 18.6 Å². The van der Waals surface area contributed by atoms with E-state index >= 15 is 0 Å². The van der Waals surface area contributed by atoms with Gasteiger partial charge in [0.25, 0.3) is 5.91 Å². The van der Waals surface area contributed by atoms with Crippen LogP contribution in [-0.2, 0) is 6.54 Å². The largest absolute Gasteiger partial charge is 0.359 e. The van der Waals surface area contributed by atoms with E-state index in [0.29, 0.717) is 17.6 Å². The van der Waals surface area contributed by atoms with Crippen LogP contribution in [0.4, 0.5) is 0 Å². The summed E-state index contributed by atoms with van der Waals surface area (Å²) >= 11 is 0. The van der Waals surface area contributed by atoms with Crippen LogP contribution in [0, 0.1) is 6.92 Å². The van der Waals surface area contributed by atoms with Crippen LogP contribution in [0.2, 0.25) is 0 Å². The molecule has 0 atom stereocenters. The fraction of sp³-hybridized carbons (Fsp3) is 0.133. The Bertz CT molecular complexity index is 763. The number of H-pyrrole nitrogens is 1. The second-order valence-corrected chi connectivity index (χ2v) is 4.59.